The number of benzene rings is 1. The molecule has 10 nitrogen and oxygen atoms in total. The fraction of sp³-hybridized carbons (Fsp3) is 0.400. The zero-order chi connectivity index (χ0) is 28.5. The van der Waals surface area contributed by atoms with Crippen LogP contribution in [-0.4, -0.2) is 70.2 Å². The van der Waals surface area contributed by atoms with E-state index in [0.717, 1.165) is 5.56 Å². The molecular weight excluding hydrogens is 509 g/mol. The summed E-state index contributed by atoms with van der Waals surface area (Å²) in [5.74, 6) is -3.88. The first-order valence-electron chi connectivity index (χ1n) is 11.5. The second-order valence-electron chi connectivity index (χ2n) is 8.81. The van der Waals surface area contributed by atoms with Crippen LogP contribution in [0.2, 0.25) is 0 Å². The molecule has 0 bridgehead atoms. The molecule has 5 N–H and O–H groups in total. The molecule has 13 heteroatoms. The Labute approximate surface area is 216 Å². The van der Waals surface area contributed by atoms with E-state index in [1.165, 1.54) is 6.92 Å². The van der Waals surface area contributed by atoms with E-state index in [9.17, 15) is 27.6 Å². The monoisotopic (exact) mass is 538 g/mol. The van der Waals surface area contributed by atoms with Gasteiger partial charge in [-0.3, -0.25) is 19.4 Å². The van der Waals surface area contributed by atoms with Crippen molar-refractivity contribution in [3.05, 3.63) is 66.0 Å². The Morgan fingerprint density at radius 1 is 1.03 bits per heavy atom. The predicted molar refractivity (Wildman–Crippen MR) is 129 cm³/mol. The van der Waals surface area contributed by atoms with E-state index >= 15 is 0 Å². The average Bonchev–Trinajstić information content (AvgIpc) is 3.62. The minimum absolute atomic E-state index is 0.172. The zero-order valence-electron chi connectivity index (χ0n) is 20.7. The molecule has 1 aromatic heterocycles. The number of pyridine rings is 1. The highest BCUT2D eigenvalue weighted by Gasteiger charge is 2.50. The van der Waals surface area contributed by atoms with E-state index in [1.807, 2.05) is 30.3 Å². The number of hydrogen-bond acceptors (Lipinski definition) is 7. The summed E-state index contributed by atoms with van der Waals surface area (Å²) in [6.45, 7) is 3.58. The minimum atomic E-state index is -5.08. The van der Waals surface area contributed by atoms with E-state index in [4.69, 9.17) is 20.4 Å². The first-order valence-corrected chi connectivity index (χ1v) is 11.5. The van der Waals surface area contributed by atoms with E-state index in [1.54, 1.807) is 31.3 Å². The smallest absolute Gasteiger partial charge is 0.475 e. The lowest BCUT2D eigenvalue weighted by atomic mass is 9.94. The lowest BCUT2D eigenvalue weighted by molar-refractivity contribution is -0.192. The van der Waals surface area contributed by atoms with E-state index < -0.39 is 47.7 Å². The van der Waals surface area contributed by atoms with Gasteiger partial charge < -0.3 is 26.2 Å². The van der Waals surface area contributed by atoms with Crippen molar-refractivity contribution in [2.75, 3.05) is 6.61 Å². The number of hydrogen-bond donors (Lipinski definition) is 4. The van der Waals surface area contributed by atoms with Crippen molar-refractivity contribution in [3.8, 4) is 0 Å². The number of nitrogens with one attached hydrogen (secondary N) is 2. The highest BCUT2D eigenvalue weighted by atomic mass is 19.4. The number of ketones is 1. The van der Waals surface area contributed by atoms with Crippen LogP contribution in [-0.2, 0) is 36.8 Å². The molecule has 4 atom stereocenters. The van der Waals surface area contributed by atoms with Crippen LogP contribution in [0.5, 0.6) is 0 Å². The molecule has 0 radical (unpaired) electrons. The molecule has 0 saturated carbocycles. The summed E-state index contributed by atoms with van der Waals surface area (Å²) in [7, 11) is 0. The Balaban J connectivity index is 0.000000638. The molecule has 38 heavy (non-hydrogen) atoms. The van der Waals surface area contributed by atoms with Gasteiger partial charge in [-0.05, 0) is 38.0 Å². The SMILES string of the molecule is C[C@H](N)C(=O)N[C@@H](Cc1ccccn1)C(=O)N[C@@H](Cc1ccccc1)C(=O)[C@]1(C)CO1.O=C(O)C(F)(F)F. The summed E-state index contributed by atoms with van der Waals surface area (Å²) in [6, 6.07) is 12.3. The Bertz CT molecular complexity index is 1110. The molecular formula is C25H29F3N4O6. The third kappa shape index (κ3) is 9.56. The van der Waals surface area contributed by atoms with Gasteiger partial charge >= 0.3 is 12.1 Å². The molecule has 1 saturated heterocycles. The molecule has 0 unspecified atom stereocenters. The third-order valence-electron chi connectivity index (χ3n) is 5.44. The van der Waals surface area contributed by atoms with Gasteiger partial charge in [-0.25, -0.2) is 4.79 Å². The number of ether oxygens (including phenoxy) is 1. The number of rotatable bonds is 10. The molecule has 1 fully saturated rings. The lowest BCUT2D eigenvalue weighted by Crippen LogP contribution is -2.56. The molecule has 0 aliphatic carbocycles. The maximum atomic E-state index is 13.2. The van der Waals surface area contributed by atoms with Crippen molar-refractivity contribution < 1.29 is 42.2 Å². The molecule has 1 aromatic carbocycles. The van der Waals surface area contributed by atoms with E-state index in [-0.39, 0.29) is 12.2 Å². The van der Waals surface area contributed by atoms with Crippen molar-refractivity contribution in [2.24, 2.45) is 5.73 Å². The molecule has 2 aromatic rings. The number of nitrogens with two attached hydrogens (primary N) is 1. The number of nitrogens with zero attached hydrogens (tertiary/aromatic N) is 1. The van der Waals surface area contributed by atoms with Gasteiger partial charge in [0.05, 0.1) is 18.7 Å². The van der Waals surface area contributed by atoms with Gasteiger partial charge in [-0.2, -0.15) is 13.2 Å². The second-order valence-corrected chi connectivity index (χ2v) is 8.81. The topological polar surface area (TPSA) is 164 Å². The number of epoxide rings is 1. The molecule has 1 aliphatic rings. The number of alkyl halides is 3. The second kappa shape index (κ2) is 13.1. The predicted octanol–water partition coefficient (Wildman–Crippen LogP) is 1.17. The number of Topliss-reactive ketones (excluding diaryl/α,β-unsaturated/α-hetero) is 1. The molecule has 0 spiro atoms. The fourth-order valence-electron chi connectivity index (χ4n) is 3.19. The van der Waals surface area contributed by atoms with E-state index in [0.29, 0.717) is 18.7 Å². The van der Waals surface area contributed by atoms with Crippen molar-refractivity contribution in [2.45, 2.75) is 56.6 Å². The summed E-state index contributed by atoms with van der Waals surface area (Å²) in [5, 5.41) is 12.6. The summed E-state index contributed by atoms with van der Waals surface area (Å²) >= 11 is 0. The molecule has 206 valence electrons. The van der Waals surface area contributed by atoms with Crippen LogP contribution in [0.3, 0.4) is 0 Å². The summed E-state index contributed by atoms with van der Waals surface area (Å²) in [5.41, 5.74) is 6.32. The summed E-state index contributed by atoms with van der Waals surface area (Å²) in [6.07, 6.45) is -2.97. The molecule has 2 heterocycles. The lowest BCUT2D eigenvalue weighted by Gasteiger charge is -2.24. The summed E-state index contributed by atoms with van der Waals surface area (Å²) in [4.78, 5) is 51.5. The van der Waals surface area contributed by atoms with Crippen LogP contribution in [0.4, 0.5) is 13.2 Å². The van der Waals surface area contributed by atoms with Crippen LogP contribution in [0, 0.1) is 0 Å². The number of aliphatic carboxylic acids is 1. The Hall–Kier alpha value is -3.84. The maximum Gasteiger partial charge on any atom is 0.490 e. The summed E-state index contributed by atoms with van der Waals surface area (Å²) < 4.78 is 37.0. The minimum Gasteiger partial charge on any atom is -0.475 e. The highest BCUT2D eigenvalue weighted by molar-refractivity contribution is 5.98. The van der Waals surface area contributed by atoms with Crippen LogP contribution in [0.25, 0.3) is 0 Å². The van der Waals surface area contributed by atoms with Crippen LogP contribution >= 0.6 is 0 Å². The number of carbonyl (C=O) groups excluding carboxylic acids is 3. The van der Waals surface area contributed by atoms with Gasteiger partial charge in [0, 0.05) is 18.3 Å². The maximum absolute atomic E-state index is 13.2. The zero-order valence-corrected chi connectivity index (χ0v) is 20.7. The number of aromatic nitrogens is 1. The van der Waals surface area contributed by atoms with Gasteiger partial charge in [0.25, 0.3) is 0 Å². The Morgan fingerprint density at radius 2 is 1.58 bits per heavy atom. The van der Waals surface area contributed by atoms with E-state index in [2.05, 4.69) is 15.6 Å². The first kappa shape index (κ1) is 30.4. The number of amides is 2. The van der Waals surface area contributed by atoms with Crippen LogP contribution in [0.15, 0.2) is 54.7 Å². The number of carbonyl (C=O) groups is 4. The molecule has 2 amide bonds. The Morgan fingerprint density at radius 3 is 2.05 bits per heavy atom. The van der Waals surface area contributed by atoms with Gasteiger partial charge in [-0.15, -0.1) is 0 Å². The van der Waals surface area contributed by atoms with Gasteiger partial charge in [0.1, 0.15) is 11.6 Å². The highest BCUT2D eigenvalue weighted by Crippen LogP contribution is 2.29. The number of halogens is 3. The van der Waals surface area contributed by atoms with Gasteiger partial charge in [0.15, 0.2) is 5.78 Å². The van der Waals surface area contributed by atoms with Crippen molar-refractivity contribution >= 4 is 23.6 Å². The standard InChI is InChI=1S/C23H28N4O4.C2HF3O2/c1-15(24)21(29)27-19(13-17-10-6-7-11-25-17)22(30)26-18(20(28)23(2)14-31-23)12-16-8-4-3-5-9-16;3-2(4,5)1(6)7/h3-11,15,18-19H,12-14,24H2,1-2H3,(H,26,30)(H,27,29);(H,6,7)/t15-,18-,19-,23-;/m0./s1. The average molecular weight is 539 g/mol. The van der Waals surface area contributed by atoms with Crippen LogP contribution < -0.4 is 16.4 Å². The van der Waals surface area contributed by atoms with Crippen molar-refractivity contribution in [1.29, 1.82) is 0 Å². The van der Waals surface area contributed by atoms with Gasteiger partial charge in [0.2, 0.25) is 11.8 Å². The Kier molecular flexibility index (Phi) is 10.5. The number of carboxylic acids is 1. The molecule has 1 aliphatic heterocycles. The largest absolute Gasteiger partial charge is 0.490 e. The number of carboxylic acid groups (broad SMARTS) is 1. The van der Waals surface area contributed by atoms with Gasteiger partial charge in [-0.1, -0.05) is 36.4 Å². The molecule has 3 rings (SSSR count). The quantitative estimate of drug-likeness (QED) is 0.328. The normalized spacial score (nSPS) is 18.6. The first-order chi connectivity index (χ1) is 17.7. The van der Waals surface area contributed by atoms with Crippen molar-refractivity contribution in [1.82, 2.24) is 15.6 Å². The third-order valence-corrected chi connectivity index (χ3v) is 5.44. The van der Waals surface area contributed by atoms with Crippen molar-refractivity contribution in [3.63, 3.8) is 0 Å². The van der Waals surface area contributed by atoms with Crippen LogP contribution in [0.1, 0.15) is 25.1 Å². The fourth-order valence-corrected chi connectivity index (χ4v) is 3.19.